The summed E-state index contributed by atoms with van der Waals surface area (Å²) in [6, 6.07) is 9.54. The first kappa shape index (κ1) is 19.6. The lowest BCUT2D eigenvalue weighted by Gasteiger charge is -2.21. The number of amides is 1. The molecule has 0 bridgehead atoms. The van der Waals surface area contributed by atoms with Crippen LogP contribution in [0.25, 0.3) is 0 Å². The van der Waals surface area contributed by atoms with Gasteiger partial charge >= 0.3 is 0 Å². The van der Waals surface area contributed by atoms with Crippen molar-refractivity contribution in [2.45, 2.75) is 38.1 Å². The van der Waals surface area contributed by atoms with Gasteiger partial charge in [-0.3, -0.25) is 14.3 Å². The van der Waals surface area contributed by atoms with E-state index < -0.39 is 10.0 Å². The van der Waals surface area contributed by atoms with Crippen LogP contribution in [0.5, 0.6) is 0 Å². The Bertz CT molecular complexity index is 1050. The van der Waals surface area contributed by atoms with Crippen LogP contribution in [-0.4, -0.2) is 26.2 Å². The minimum absolute atomic E-state index is 0.0254. The molecule has 2 aromatic carbocycles. The molecule has 0 aliphatic carbocycles. The first-order chi connectivity index (χ1) is 12.6. The molecule has 3 rings (SSSR count). The molecule has 1 aliphatic rings. The summed E-state index contributed by atoms with van der Waals surface area (Å²) in [5.74, 6) is -0.283. The summed E-state index contributed by atoms with van der Waals surface area (Å²) in [5, 5.41) is 0. The number of carbonyl (C=O) groups is 2. The number of carbonyl (C=O) groups excluding carboxylic acids is 2. The van der Waals surface area contributed by atoms with Crippen LogP contribution in [0.3, 0.4) is 0 Å². The van der Waals surface area contributed by atoms with E-state index in [9.17, 15) is 18.0 Å². The lowest BCUT2D eigenvalue weighted by molar-refractivity contribution is -0.116. The molecule has 0 spiro atoms. The summed E-state index contributed by atoms with van der Waals surface area (Å²) in [6.45, 7) is 4.81. The fourth-order valence-corrected chi connectivity index (χ4v) is 5.48. The van der Waals surface area contributed by atoms with Crippen LogP contribution >= 0.6 is 15.9 Å². The number of ketones is 1. The van der Waals surface area contributed by atoms with E-state index in [0.29, 0.717) is 27.8 Å². The zero-order chi connectivity index (χ0) is 19.9. The smallest absolute Gasteiger partial charge is 0.263 e. The molecule has 0 fully saturated rings. The summed E-state index contributed by atoms with van der Waals surface area (Å²) < 4.78 is 28.8. The van der Waals surface area contributed by atoms with Crippen molar-refractivity contribution in [3.63, 3.8) is 0 Å². The third-order valence-electron chi connectivity index (χ3n) is 4.50. The van der Waals surface area contributed by atoms with Crippen LogP contribution in [0, 0.1) is 0 Å². The summed E-state index contributed by atoms with van der Waals surface area (Å²) in [7, 11) is -3.92. The highest BCUT2D eigenvalue weighted by Gasteiger charge is 2.32. The average molecular weight is 451 g/mol. The molecule has 1 heterocycles. The highest BCUT2D eigenvalue weighted by atomic mass is 79.9. The fourth-order valence-electron chi connectivity index (χ4n) is 3.32. The monoisotopic (exact) mass is 450 g/mol. The third-order valence-corrected chi connectivity index (χ3v) is 6.84. The van der Waals surface area contributed by atoms with E-state index in [0.717, 1.165) is 5.56 Å². The predicted octanol–water partition coefficient (Wildman–Crippen LogP) is 3.75. The topological polar surface area (TPSA) is 83.6 Å². The zero-order valence-electron chi connectivity index (χ0n) is 15.1. The van der Waals surface area contributed by atoms with Gasteiger partial charge in [0.05, 0.1) is 0 Å². The van der Waals surface area contributed by atoms with Gasteiger partial charge < -0.3 is 4.90 Å². The summed E-state index contributed by atoms with van der Waals surface area (Å²) in [5.41, 5.74) is 2.24. The van der Waals surface area contributed by atoms with E-state index in [1.54, 1.807) is 29.2 Å². The standard InChI is InChI=1S/C19H19BrN2O4S/c1-11-7-15-9-17(20)19(10-18(15)22(11)13(3)24)27(25,26)21-16-6-4-5-14(8-16)12(2)23/h4-6,8-11,21H,7H2,1-3H3. The molecule has 6 nitrogen and oxygen atoms in total. The number of Topliss-reactive ketones (excluding diaryl/α,β-unsaturated/α-hetero) is 1. The predicted molar refractivity (Wildman–Crippen MR) is 108 cm³/mol. The summed E-state index contributed by atoms with van der Waals surface area (Å²) >= 11 is 3.34. The third kappa shape index (κ3) is 3.77. The number of fused-ring (bicyclic) bond motifs is 1. The van der Waals surface area contributed by atoms with Crippen molar-refractivity contribution in [1.82, 2.24) is 0 Å². The number of hydrogen-bond donors (Lipinski definition) is 1. The first-order valence-corrected chi connectivity index (χ1v) is 10.6. The van der Waals surface area contributed by atoms with E-state index in [4.69, 9.17) is 0 Å². The van der Waals surface area contributed by atoms with Crippen LogP contribution < -0.4 is 9.62 Å². The molecule has 1 N–H and O–H groups in total. The van der Waals surface area contributed by atoms with Gasteiger partial charge in [-0.15, -0.1) is 0 Å². The molecule has 0 saturated heterocycles. The molecule has 0 saturated carbocycles. The second kappa shape index (κ2) is 7.09. The van der Waals surface area contributed by atoms with Crippen molar-refractivity contribution in [3.8, 4) is 0 Å². The van der Waals surface area contributed by atoms with Gasteiger partial charge in [0.15, 0.2) is 5.78 Å². The van der Waals surface area contributed by atoms with Gasteiger partial charge in [0.25, 0.3) is 10.0 Å². The zero-order valence-corrected chi connectivity index (χ0v) is 17.5. The fraction of sp³-hybridized carbons (Fsp3) is 0.263. The van der Waals surface area contributed by atoms with Gasteiger partial charge in [0, 0.05) is 34.4 Å². The maximum absolute atomic E-state index is 12.9. The Morgan fingerprint density at radius 3 is 2.52 bits per heavy atom. The molecule has 1 unspecified atom stereocenters. The van der Waals surface area contributed by atoms with Crippen molar-refractivity contribution in [3.05, 3.63) is 52.0 Å². The van der Waals surface area contributed by atoms with Crippen molar-refractivity contribution >= 4 is 49.0 Å². The number of rotatable bonds is 4. The SMILES string of the molecule is CC(=O)c1cccc(NS(=O)(=O)c2cc3c(cc2Br)CC(C)N3C(C)=O)c1. The quantitative estimate of drug-likeness (QED) is 0.718. The van der Waals surface area contributed by atoms with Crippen molar-refractivity contribution in [2.24, 2.45) is 0 Å². The molecule has 2 aromatic rings. The molecule has 142 valence electrons. The number of benzene rings is 2. The Hall–Kier alpha value is -2.19. The average Bonchev–Trinajstić information content (AvgIpc) is 2.88. The highest BCUT2D eigenvalue weighted by Crippen LogP contribution is 2.38. The van der Waals surface area contributed by atoms with Gasteiger partial charge in [-0.05, 0) is 66.0 Å². The van der Waals surface area contributed by atoms with Gasteiger partial charge in [-0.1, -0.05) is 12.1 Å². The Kier molecular flexibility index (Phi) is 5.14. The Balaban J connectivity index is 2.02. The molecule has 8 heteroatoms. The van der Waals surface area contributed by atoms with E-state index in [1.165, 1.54) is 26.0 Å². The van der Waals surface area contributed by atoms with Gasteiger partial charge in [0.1, 0.15) is 4.90 Å². The lowest BCUT2D eigenvalue weighted by Crippen LogP contribution is -2.33. The summed E-state index contributed by atoms with van der Waals surface area (Å²) in [6.07, 6.45) is 0.669. The normalized spacial score (nSPS) is 16.1. The minimum atomic E-state index is -3.92. The van der Waals surface area contributed by atoms with E-state index in [1.807, 2.05) is 6.92 Å². The van der Waals surface area contributed by atoms with Gasteiger partial charge in [-0.25, -0.2) is 8.42 Å². The molecule has 0 aromatic heterocycles. The number of halogens is 1. The van der Waals surface area contributed by atoms with E-state index >= 15 is 0 Å². The molecule has 1 aliphatic heterocycles. The van der Waals surface area contributed by atoms with Gasteiger partial charge in [0.2, 0.25) is 5.91 Å². The molecular weight excluding hydrogens is 432 g/mol. The van der Waals surface area contributed by atoms with Crippen molar-refractivity contribution in [1.29, 1.82) is 0 Å². The minimum Gasteiger partial charge on any atom is -0.309 e. The van der Waals surface area contributed by atoms with E-state index in [2.05, 4.69) is 20.7 Å². The van der Waals surface area contributed by atoms with Crippen molar-refractivity contribution < 1.29 is 18.0 Å². The first-order valence-electron chi connectivity index (χ1n) is 8.36. The second-order valence-electron chi connectivity index (χ2n) is 6.60. The Labute approximate surface area is 166 Å². The lowest BCUT2D eigenvalue weighted by atomic mass is 10.1. The Morgan fingerprint density at radius 2 is 1.89 bits per heavy atom. The number of anilines is 2. The number of hydrogen-bond acceptors (Lipinski definition) is 4. The summed E-state index contributed by atoms with van der Waals surface area (Å²) in [4.78, 5) is 25.1. The number of sulfonamides is 1. The Morgan fingerprint density at radius 1 is 1.19 bits per heavy atom. The molecule has 1 atom stereocenters. The van der Waals surface area contributed by atoms with Crippen LogP contribution in [-0.2, 0) is 21.2 Å². The maximum Gasteiger partial charge on any atom is 0.263 e. The van der Waals surface area contributed by atoms with Gasteiger partial charge in [-0.2, -0.15) is 0 Å². The number of nitrogens with one attached hydrogen (secondary N) is 1. The molecule has 27 heavy (non-hydrogen) atoms. The van der Waals surface area contributed by atoms with Crippen LogP contribution in [0.2, 0.25) is 0 Å². The van der Waals surface area contributed by atoms with E-state index in [-0.39, 0.29) is 22.6 Å². The molecular formula is C19H19BrN2O4S. The number of nitrogens with zero attached hydrogens (tertiary/aromatic N) is 1. The largest absolute Gasteiger partial charge is 0.309 e. The van der Waals surface area contributed by atoms with Crippen LogP contribution in [0.15, 0.2) is 45.8 Å². The molecule has 0 radical (unpaired) electrons. The maximum atomic E-state index is 12.9. The molecule has 1 amide bonds. The second-order valence-corrected chi connectivity index (χ2v) is 9.10. The van der Waals surface area contributed by atoms with Crippen LogP contribution in [0.1, 0.15) is 36.7 Å². The van der Waals surface area contributed by atoms with Crippen molar-refractivity contribution in [2.75, 3.05) is 9.62 Å². The highest BCUT2D eigenvalue weighted by molar-refractivity contribution is 9.10. The van der Waals surface area contributed by atoms with Crippen LogP contribution in [0.4, 0.5) is 11.4 Å².